The van der Waals surface area contributed by atoms with E-state index >= 15 is 0 Å². The Labute approximate surface area is 133 Å². The lowest BCUT2D eigenvalue weighted by atomic mass is 9.73. The lowest BCUT2D eigenvalue weighted by molar-refractivity contribution is 0.0355. The van der Waals surface area contributed by atoms with Crippen LogP contribution >= 0.6 is 0 Å². The van der Waals surface area contributed by atoms with E-state index in [1.807, 2.05) is 0 Å². The van der Waals surface area contributed by atoms with Crippen molar-refractivity contribution in [1.29, 1.82) is 0 Å². The van der Waals surface area contributed by atoms with Crippen LogP contribution in [-0.2, 0) is 10.2 Å². The fraction of sp³-hybridized carbons (Fsp3) is 0.400. The molecule has 1 fully saturated rings. The zero-order chi connectivity index (χ0) is 15.3. The Bertz CT molecular complexity index is 521. The van der Waals surface area contributed by atoms with Crippen LogP contribution in [0.15, 0.2) is 60.7 Å². The van der Waals surface area contributed by atoms with Gasteiger partial charge in [-0.1, -0.05) is 67.6 Å². The van der Waals surface area contributed by atoms with E-state index in [-0.39, 0.29) is 5.41 Å². The lowest BCUT2D eigenvalue weighted by Crippen LogP contribution is -2.39. The molecule has 3 rings (SSSR count). The number of rotatable bonds is 5. The molecule has 0 amide bonds. The number of hydrogen-bond donors (Lipinski definition) is 0. The predicted octanol–water partition coefficient (Wildman–Crippen LogP) is 3.71. The third-order valence-electron chi connectivity index (χ3n) is 4.85. The summed E-state index contributed by atoms with van der Waals surface area (Å²) in [5.41, 5.74) is 2.85. The van der Waals surface area contributed by atoms with Crippen LogP contribution < -0.4 is 0 Å². The Balaban J connectivity index is 1.83. The van der Waals surface area contributed by atoms with Crippen LogP contribution in [0.1, 0.15) is 24.5 Å². The number of benzene rings is 2. The number of morpholine rings is 1. The number of nitrogens with zero attached hydrogens (tertiary/aromatic N) is 1. The maximum Gasteiger partial charge on any atom is 0.0594 e. The van der Waals surface area contributed by atoms with Crippen LogP contribution in [-0.4, -0.2) is 37.7 Å². The first kappa shape index (κ1) is 15.3. The van der Waals surface area contributed by atoms with Gasteiger partial charge < -0.3 is 4.74 Å². The highest BCUT2D eigenvalue weighted by molar-refractivity contribution is 5.38. The van der Waals surface area contributed by atoms with Crippen molar-refractivity contribution in [3.63, 3.8) is 0 Å². The van der Waals surface area contributed by atoms with E-state index in [2.05, 4.69) is 72.5 Å². The number of ether oxygens (including phenoxy) is 1. The van der Waals surface area contributed by atoms with E-state index in [0.29, 0.717) is 0 Å². The molecule has 1 heterocycles. The van der Waals surface area contributed by atoms with Crippen LogP contribution in [0.2, 0.25) is 0 Å². The lowest BCUT2D eigenvalue weighted by Gasteiger charge is -2.35. The molecule has 0 bridgehead atoms. The molecule has 0 aromatic heterocycles. The SMILES string of the molecule is CC(CCN1CCOCC1)(c1ccccc1)c1ccccc1. The Hall–Kier alpha value is -1.64. The van der Waals surface area contributed by atoms with E-state index < -0.39 is 0 Å². The second-order valence-corrected chi connectivity index (χ2v) is 6.27. The van der Waals surface area contributed by atoms with E-state index in [4.69, 9.17) is 4.74 Å². The van der Waals surface area contributed by atoms with Crippen molar-refractivity contribution in [3.8, 4) is 0 Å². The van der Waals surface area contributed by atoms with Crippen LogP contribution in [0.3, 0.4) is 0 Å². The zero-order valence-corrected chi connectivity index (χ0v) is 13.4. The maximum absolute atomic E-state index is 5.46. The van der Waals surface area contributed by atoms with Crippen molar-refractivity contribution >= 4 is 0 Å². The topological polar surface area (TPSA) is 12.5 Å². The van der Waals surface area contributed by atoms with Gasteiger partial charge in [-0.3, -0.25) is 4.90 Å². The van der Waals surface area contributed by atoms with Gasteiger partial charge in [0.25, 0.3) is 0 Å². The molecular formula is C20H25NO. The van der Waals surface area contributed by atoms with Gasteiger partial charge in [0.2, 0.25) is 0 Å². The molecule has 2 nitrogen and oxygen atoms in total. The summed E-state index contributed by atoms with van der Waals surface area (Å²) in [6.45, 7) is 7.34. The first-order valence-electron chi connectivity index (χ1n) is 8.20. The third kappa shape index (κ3) is 3.40. The van der Waals surface area contributed by atoms with Gasteiger partial charge in [-0.15, -0.1) is 0 Å². The molecule has 0 spiro atoms. The number of hydrogen-bond acceptors (Lipinski definition) is 2. The first-order valence-corrected chi connectivity index (χ1v) is 8.20. The Morgan fingerprint density at radius 2 is 1.36 bits per heavy atom. The second-order valence-electron chi connectivity index (χ2n) is 6.27. The maximum atomic E-state index is 5.46. The van der Waals surface area contributed by atoms with E-state index in [0.717, 1.165) is 39.3 Å². The van der Waals surface area contributed by atoms with Gasteiger partial charge in [-0.05, 0) is 24.1 Å². The average molecular weight is 295 g/mol. The molecule has 1 aliphatic heterocycles. The van der Waals surface area contributed by atoms with Crippen LogP contribution in [0.5, 0.6) is 0 Å². The summed E-state index contributed by atoms with van der Waals surface area (Å²) in [7, 11) is 0. The fourth-order valence-electron chi connectivity index (χ4n) is 3.27. The van der Waals surface area contributed by atoms with Gasteiger partial charge >= 0.3 is 0 Å². The van der Waals surface area contributed by atoms with Crippen molar-refractivity contribution in [2.45, 2.75) is 18.8 Å². The van der Waals surface area contributed by atoms with Crippen molar-refractivity contribution in [2.75, 3.05) is 32.8 Å². The van der Waals surface area contributed by atoms with Gasteiger partial charge in [0.1, 0.15) is 0 Å². The van der Waals surface area contributed by atoms with Gasteiger partial charge in [0.15, 0.2) is 0 Å². The first-order chi connectivity index (χ1) is 10.8. The highest BCUT2D eigenvalue weighted by atomic mass is 16.5. The van der Waals surface area contributed by atoms with Gasteiger partial charge in [-0.25, -0.2) is 0 Å². The van der Waals surface area contributed by atoms with Gasteiger partial charge in [-0.2, -0.15) is 0 Å². The second kappa shape index (κ2) is 7.08. The zero-order valence-electron chi connectivity index (χ0n) is 13.4. The fourth-order valence-corrected chi connectivity index (χ4v) is 3.27. The van der Waals surface area contributed by atoms with Crippen LogP contribution in [0.25, 0.3) is 0 Å². The summed E-state index contributed by atoms with van der Waals surface area (Å²) in [6.07, 6.45) is 1.13. The highest BCUT2D eigenvalue weighted by Crippen LogP contribution is 2.35. The largest absolute Gasteiger partial charge is 0.379 e. The minimum absolute atomic E-state index is 0.0564. The molecule has 22 heavy (non-hydrogen) atoms. The molecule has 0 saturated carbocycles. The molecule has 0 N–H and O–H groups in total. The van der Waals surface area contributed by atoms with Gasteiger partial charge in [0, 0.05) is 18.5 Å². The average Bonchev–Trinajstić information content (AvgIpc) is 2.62. The standard InChI is InChI=1S/C20H25NO/c1-20(18-8-4-2-5-9-18,19-10-6-3-7-11-19)12-13-21-14-16-22-17-15-21/h2-11H,12-17H2,1H3. The molecule has 2 aromatic rings. The molecule has 2 heteroatoms. The molecule has 0 atom stereocenters. The quantitative estimate of drug-likeness (QED) is 0.833. The van der Waals surface area contributed by atoms with Crippen LogP contribution in [0.4, 0.5) is 0 Å². The smallest absolute Gasteiger partial charge is 0.0594 e. The molecule has 0 aliphatic carbocycles. The molecule has 0 radical (unpaired) electrons. The Kier molecular flexibility index (Phi) is 4.91. The molecule has 116 valence electrons. The van der Waals surface area contributed by atoms with Gasteiger partial charge in [0.05, 0.1) is 13.2 Å². The van der Waals surface area contributed by atoms with Crippen molar-refractivity contribution in [2.24, 2.45) is 0 Å². The molecule has 2 aromatic carbocycles. The minimum atomic E-state index is 0.0564. The van der Waals surface area contributed by atoms with E-state index in [1.165, 1.54) is 11.1 Å². The third-order valence-corrected chi connectivity index (χ3v) is 4.85. The summed E-state index contributed by atoms with van der Waals surface area (Å²) >= 11 is 0. The Morgan fingerprint density at radius 1 is 0.864 bits per heavy atom. The summed E-state index contributed by atoms with van der Waals surface area (Å²) in [5.74, 6) is 0. The van der Waals surface area contributed by atoms with E-state index in [1.54, 1.807) is 0 Å². The summed E-state index contributed by atoms with van der Waals surface area (Å²) in [6, 6.07) is 21.8. The van der Waals surface area contributed by atoms with Crippen molar-refractivity contribution < 1.29 is 4.74 Å². The van der Waals surface area contributed by atoms with Crippen LogP contribution in [0, 0.1) is 0 Å². The summed E-state index contributed by atoms with van der Waals surface area (Å²) in [5, 5.41) is 0. The predicted molar refractivity (Wildman–Crippen MR) is 91.2 cm³/mol. The van der Waals surface area contributed by atoms with E-state index in [9.17, 15) is 0 Å². The van der Waals surface area contributed by atoms with Crippen molar-refractivity contribution in [3.05, 3.63) is 71.8 Å². The highest BCUT2D eigenvalue weighted by Gasteiger charge is 2.29. The Morgan fingerprint density at radius 3 is 1.86 bits per heavy atom. The molecule has 1 saturated heterocycles. The molecular weight excluding hydrogens is 270 g/mol. The van der Waals surface area contributed by atoms with Crippen molar-refractivity contribution in [1.82, 2.24) is 4.90 Å². The summed E-state index contributed by atoms with van der Waals surface area (Å²) < 4.78 is 5.46. The normalized spacial score (nSPS) is 16.6. The minimum Gasteiger partial charge on any atom is -0.379 e. The molecule has 0 unspecified atom stereocenters. The summed E-state index contributed by atoms with van der Waals surface area (Å²) in [4.78, 5) is 2.52. The monoisotopic (exact) mass is 295 g/mol. The molecule has 1 aliphatic rings.